The van der Waals surface area contributed by atoms with E-state index in [1.165, 1.54) is 10.6 Å². The van der Waals surface area contributed by atoms with Crippen LogP contribution in [0.1, 0.15) is 31.2 Å². The smallest absolute Gasteiger partial charge is 0.319 e. The first-order valence-corrected chi connectivity index (χ1v) is 6.83. The summed E-state index contributed by atoms with van der Waals surface area (Å²) in [6.45, 7) is 1.72. The van der Waals surface area contributed by atoms with Gasteiger partial charge >= 0.3 is 6.03 Å². The molecule has 1 heterocycles. The van der Waals surface area contributed by atoms with Crippen LogP contribution in [0.5, 0.6) is 0 Å². The average molecular weight is 279 g/mol. The van der Waals surface area contributed by atoms with Crippen LogP contribution < -0.4 is 16.2 Å². The van der Waals surface area contributed by atoms with Crippen molar-refractivity contribution in [1.82, 2.24) is 9.88 Å². The molecule has 0 atom stereocenters. The highest BCUT2D eigenvalue weighted by atomic mass is 16.3. The number of amides is 2. The Balaban J connectivity index is 2.08. The molecule has 1 aromatic rings. The number of hydrogen-bond donors (Lipinski definition) is 3. The number of aliphatic hydroxyl groups is 1. The van der Waals surface area contributed by atoms with Crippen LogP contribution in [0.4, 0.5) is 10.5 Å². The van der Waals surface area contributed by atoms with Crippen LogP contribution in [-0.2, 0) is 7.05 Å². The summed E-state index contributed by atoms with van der Waals surface area (Å²) >= 11 is 0. The first kappa shape index (κ1) is 14.6. The van der Waals surface area contributed by atoms with Gasteiger partial charge in [-0.1, -0.05) is 12.8 Å². The minimum Gasteiger partial charge on any atom is -0.394 e. The number of carbonyl (C=O) groups excluding carboxylic acids is 1. The summed E-state index contributed by atoms with van der Waals surface area (Å²) in [5, 5.41) is 15.1. The van der Waals surface area contributed by atoms with Crippen molar-refractivity contribution in [2.75, 3.05) is 11.9 Å². The van der Waals surface area contributed by atoms with Crippen LogP contribution in [0, 0.1) is 6.92 Å². The normalized spacial score (nSPS) is 16.9. The number of pyridine rings is 1. The molecule has 1 saturated carbocycles. The standard InChI is InChI=1S/C14H21N3O3/c1-10-7-12(19)17(2)8-11(10)15-13(20)16-14(9-18)5-3-4-6-14/h7-8,18H,3-6,9H2,1-2H3,(H2,15,16,20). The summed E-state index contributed by atoms with van der Waals surface area (Å²) in [7, 11) is 1.64. The third-order valence-corrected chi connectivity index (χ3v) is 3.93. The van der Waals surface area contributed by atoms with E-state index < -0.39 is 5.54 Å². The molecule has 110 valence electrons. The Kier molecular flexibility index (Phi) is 4.13. The van der Waals surface area contributed by atoms with Crippen molar-refractivity contribution in [3.63, 3.8) is 0 Å². The lowest BCUT2D eigenvalue weighted by Gasteiger charge is -2.28. The zero-order valence-electron chi connectivity index (χ0n) is 11.9. The number of nitrogens with one attached hydrogen (secondary N) is 2. The molecule has 6 nitrogen and oxygen atoms in total. The van der Waals surface area contributed by atoms with Gasteiger partial charge in [-0.3, -0.25) is 4.79 Å². The summed E-state index contributed by atoms with van der Waals surface area (Å²) in [5.41, 5.74) is 0.693. The molecular weight excluding hydrogens is 258 g/mol. The summed E-state index contributed by atoms with van der Waals surface area (Å²) in [6.07, 6.45) is 5.21. The Morgan fingerprint density at radius 1 is 1.45 bits per heavy atom. The fourth-order valence-corrected chi connectivity index (χ4v) is 2.62. The highest BCUT2D eigenvalue weighted by molar-refractivity contribution is 5.90. The van der Waals surface area contributed by atoms with Gasteiger partial charge in [0.1, 0.15) is 0 Å². The van der Waals surface area contributed by atoms with E-state index in [1.807, 2.05) is 0 Å². The highest BCUT2D eigenvalue weighted by Crippen LogP contribution is 2.29. The number of urea groups is 1. The van der Waals surface area contributed by atoms with E-state index in [9.17, 15) is 14.7 Å². The highest BCUT2D eigenvalue weighted by Gasteiger charge is 2.34. The van der Waals surface area contributed by atoms with Gasteiger partial charge in [-0.15, -0.1) is 0 Å². The van der Waals surface area contributed by atoms with Gasteiger partial charge in [0.15, 0.2) is 0 Å². The van der Waals surface area contributed by atoms with Crippen LogP contribution >= 0.6 is 0 Å². The van der Waals surface area contributed by atoms with Crippen molar-refractivity contribution >= 4 is 11.7 Å². The van der Waals surface area contributed by atoms with Crippen molar-refractivity contribution in [3.8, 4) is 0 Å². The topological polar surface area (TPSA) is 83.4 Å². The van der Waals surface area contributed by atoms with Crippen LogP contribution in [0.2, 0.25) is 0 Å². The molecule has 0 radical (unpaired) electrons. The van der Waals surface area contributed by atoms with Crippen molar-refractivity contribution in [1.29, 1.82) is 0 Å². The van der Waals surface area contributed by atoms with E-state index in [0.717, 1.165) is 25.7 Å². The number of aromatic nitrogens is 1. The number of aliphatic hydroxyl groups excluding tert-OH is 1. The summed E-state index contributed by atoms with van der Waals surface area (Å²) < 4.78 is 1.42. The third kappa shape index (κ3) is 3.01. The molecular formula is C14H21N3O3. The van der Waals surface area contributed by atoms with Gasteiger partial charge in [0.25, 0.3) is 5.56 Å². The lowest BCUT2D eigenvalue weighted by atomic mass is 9.99. The van der Waals surface area contributed by atoms with E-state index in [2.05, 4.69) is 10.6 Å². The molecule has 3 N–H and O–H groups in total. The maximum Gasteiger partial charge on any atom is 0.319 e. The molecule has 1 aliphatic carbocycles. The Hall–Kier alpha value is -1.82. The minimum absolute atomic E-state index is 0.0489. The second kappa shape index (κ2) is 5.66. The molecule has 6 heteroatoms. The molecule has 0 spiro atoms. The van der Waals surface area contributed by atoms with E-state index >= 15 is 0 Å². The average Bonchev–Trinajstić information content (AvgIpc) is 2.85. The summed E-state index contributed by atoms with van der Waals surface area (Å²) in [4.78, 5) is 23.5. The van der Waals surface area contributed by atoms with E-state index in [-0.39, 0.29) is 18.2 Å². The largest absolute Gasteiger partial charge is 0.394 e. The predicted octanol–water partition coefficient (Wildman–Crippen LogP) is 1.12. The molecule has 0 aromatic carbocycles. The molecule has 1 aromatic heterocycles. The summed E-state index contributed by atoms with van der Waals surface area (Å²) in [5.74, 6) is 0. The van der Waals surface area contributed by atoms with Gasteiger partial charge < -0.3 is 20.3 Å². The first-order chi connectivity index (χ1) is 9.46. The lowest BCUT2D eigenvalue weighted by Crippen LogP contribution is -2.50. The van der Waals surface area contributed by atoms with E-state index in [4.69, 9.17) is 0 Å². The lowest BCUT2D eigenvalue weighted by molar-refractivity contribution is 0.167. The maximum atomic E-state index is 12.1. The number of anilines is 1. The van der Waals surface area contributed by atoms with E-state index in [1.54, 1.807) is 20.2 Å². The van der Waals surface area contributed by atoms with Gasteiger partial charge in [-0.2, -0.15) is 0 Å². The van der Waals surface area contributed by atoms with Crippen LogP contribution in [-0.4, -0.2) is 27.9 Å². The number of rotatable bonds is 3. The molecule has 0 saturated heterocycles. The van der Waals surface area contributed by atoms with Gasteiger partial charge in [0.05, 0.1) is 17.8 Å². The van der Waals surface area contributed by atoms with Crippen molar-refractivity contribution < 1.29 is 9.90 Å². The molecule has 0 bridgehead atoms. The second-order valence-electron chi connectivity index (χ2n) is 5.54. The van der Waals surface area contributed by atoms with E-state index in [0.29, 0.717) is 11.3 Å². The molecule has 2 amide bonds. The maximum absolute atomic E-state index is 12.1. The SMILES string of the molecule is Cc1cc(=O)n(C)cc1NC(=O)NC1(CO)CCCC1. The molecule has 1 fully saturated rings. The van der Waals surface area contributed by atoms with Crippen LogP contribution in [0.3, 0.4) is 0 Å². The molecule has 1 aliphatic rings. The summed E-state index contributed by atoms with van der Waals surface area (Å²) in [6, 6.07) is 1.13. The molecule has 0 aliphatic heterocycles. The monoisotopic (exact) mass is 279 g/mol. The van der Waals surface area contributed by atoms with Crippen molar-refractivity contribution in [2.24, 2.45) is 7.05 Å². The Morgan fingerprint density at radius 2 is 2.10 bits per heavy atom. The van der Waals surface area contributed by atoms with Crippen molar-refractivity contribution in [2.45, 2.75) is 38.1 Å². The zero-order valence-corrected chi connectivity index (χ0v) is 11.9. The fourth-order valence-electron chi connectivity index (χ4n) is 2.62. The Morgan fingerprint density at radius 3 is 2.70 bits per heavy atom. The quantitative estimate of drug-likeness (QED) is 0.775. The minimum atomic E-state index is -0.501. The molecule has 20 heavy (non-hydrogen) atoms. The third-order valence-electron chi connectivity index (χ3n) is 3.93. The van der Waals surface area contributed by atoms with Crippen LogP contribution in [0.15, 0.2) is 17.1 Å². The van der Waals surface area contributed by atoms with Gasteiger partial charge in [0.2, 0.25) is 0 Å². The number of aryl methyl sites for hydroxylation is 2. The first-order valence-electron chi connectivity index (χ1n) is 6.83. The van der Waals surface area contributed by atoms with Gasteiger partial charge in [0, 0.05) is 19.3 Å². The number of nitrogens with zero attached hydrogens (tertiary/aromatic N) is 1. The van der Waals surface area contributed by atoms with Gasteiger partial charge in [-0.25, -0.2) is 4.79 Å². The Bertz CT molecular complexity index is 559. The number of carbonyl (C=O) groups is 1. The molecule has 2 rings (SSSR count). The number of hydrogen-bond acceptors (Lipinski definition) is 3. The van der Waals surface area contributed by atoms with Crippen LogP contribution in [0.25, 0.3) is 0 Å². The Labute approximate surface area is 117 Å². The van der Waals surface area contributed by atoms with Gasteiger partial charge in [-0.05, 0) is 25.3 Å². The van der Waals surface area contributed by atoms with Crippen molar-refractivity contribution in [3.05, 3.63) is 28.2 Å². The molecule has 0 unspecified atom stereocenters. The second-order valence-corrected chi connectivity index (χ2v) is 5.54. The fraction of sp³-hybridized carbons (Fsp3) is 0.571. The predicted molar refractivity (Wildman–Crippen MR) is 76.9 cm³/mol. The zero-order chi connectivity index (χ0) is 14.8.